The van der Waals surface area contributed by atoms with Crippen molar-refractivity contribution >= 4 is 28.4 Å². The normalized spacial score (nSPS) is 21.8. The van der Waals surface area contributed by atoms with Gasteiger partial charge < -0.3 is 9.88 Å². The van der Waals surface area contributed by atoms with Gasteiger partial charge in [-0.25, -0.2) is 0 Å². The number of carbonyl (C=O) groups is 2. The third-order valence-corrected chi connectivity index (χ3v) is 6.66. The predicted octanol–water partition coefficient (Wildman–Crippen LogP) is 4.43. The summed E-state index contributed by atoms with van der Waals surface area (Å²) in [6.07, 6.45) is 4.32. The SMILES string of the molecule is Cc1ccc(N2C(=O)c3cc4ccccc4n3CC2(C)C(=O)NC2CCCC2)cc1. The number of nitrogens with zero attached hydrogens (tertiary/aromatic N) is 2. The number of rotatable bonds is 3. The Labute approximate surface area is 176 Å². The fourth-order valence-corrected chi connectivity index (χ4v) is 4.96. The number of amides is 2. The van der Waals surface area contributed by atoms with Crippen LogP contribution >= 0.6 is 0 Å². The molecule has 2 aromatic carbocycles. The standard InChI is InChI=1S/C25H27N3O2/c1-17-11-13-20(14-12-17)28-23(29)22-15-18-7-3-6-10-21(18)27(22)16-25(28,2)24(30)26-19-8-4-5-9-19/h3,6-7,10-15,19H,4-5,8-9,16H2,1-2H3,(H,26,30). The van der Waals surface area contributed by atoms with Crippen molar-refractivity contribution < 1.29 is 9.59 Å². The number of aromatic nitrogens is 1. The molecule has 1 aliphatic carbocycles. The van der Waals surface area contributed by atoms with Crippen LogP contribution in [0.15, 0.2) is 54.6 Å². The highest BCUT2D eigenvalue weighted by molar-refractivity contribution is 6.14. The maximum Gasteiger partial charge on any atom is 0.275 e. The number of anilines is 1. The van der Waals surface area contributed by atoms with Crippen molar-refractivity contribution in [3.05, 3.63) is 65.9 Å². The van der Waals surface area contributed by atoms with E-state index in [4.69, 9.17) is 0 Å². The Bertz CT molecular complexity index is 1130. The molecular weight excluding hydrogens is 374 g/mol. The molecule has 0 saturated heterocycles. The van der Waals surface area contributed by atoms with Gasteiger partial charge in [-0.1, -0.05) is 48.7 Å². The van der Waals surface area contributed by atoms with E-state index in [0.29, 0.717) is 12.2 Å². The van der Waals surface area contributed by atoms with Crippen molar-refractivity contribution in [1.82, 2.24) is 9.88 Å². The van der Waals surface area contributed by atoms with Crippen LogP contribution in [0.25, 0.3) is 10.9 Å². The van der Waals surface area contributed by atoms with Gasteiger partial charge in [0.05, 0.1) is 6.54 Å². The molecule has 1 fully saturated rings. The summed E-state index contributed by atoms with van der Waals surface area (Å²) >= 11 is 0. The van der Waals surface area contributed by atoms with Gasteiger partial charge in [0.15, 0.2) is 0 Å². The van der Waals surface area contributed by atoms with Crippen LogP contribution in [0.4, 0.5) is 5.69 Å². The molecule has 1 saturated carbocycles. The van der Waals surface area contributed by atoms with E-state index < -0.39 is 5.54 Å². The van der Waals surface area contributed by atoms with E-state index in [-0.39, 0.29) is 17.9 Å². The van der Waals surface area contributed by atoms with E-state index in [9.17, 15) is 9.59 Å². The maximum atomic E-state index is 13.8. The zero-order valence-corrected chi connectivity index (χ0v) is 17.5. The molecule has 2 amide bonds. The highest BCUT2D eigenvalue weighted by Gasteiger charge is 2.49. The number of para-hydroxylation sites is 1. The summed E-state index contributed by atoms with van der Waals surface area (Å²) in [6.45, 7) is 4.34. The first-order chi connectivity index (χ1) is 14.5. The van der Waals surface area contributed by atoms with Crippen LogP contribution < -0.4 is 10.2 Å². The van der Waals surface area contributed by atoms with Crippen LogP contribution in [0.5, 0.6) is 0 Å². The summed E-state index contributed by atoms with van der Waals surface area (Å²) in [4.78, 5) is 29.1. The Morgan fingerprint density at radius 3 is 2.50 bits per heavy atom. The van der Waals surface area contributed by atoms with E-state index in [2.05, 4.69) is 5.32 Å². The van der Waals surface area contributed by atoms with Gasteiger partial charge in [-0.05, 0) is 51.0 Å². The molecule has 5 rings (SSSR count). The minimum absolute atomic E-state index is 0.0771. The Morgan fingerprint density at radius 1 is 1.07 bits per heavy atom. The molecule has 0 spiro atoms. The van der Waals surface area contributed by atoms with Crippen molar-refractivity contribution in [1.29, 1.82) is 0 Å². The van der Waals surface area contributed by atoms with Gasteiger partial charge in [0.2, 0.25) is 5.91 Å². The largest absolute Gasteiger partial charge is 0.351 e. The third-order valence-electron chi connectivity index (χ3n) is 6.66. The highest BCUT2D eigenvalue weighted by atomic mass is 16.2. The smallest absolute Gasteiger partial charge is 0.275 e. The van der Waals surface area contributed by atoms with Gasteiger partial charge in [-0.3, -0.25) is 14.5 Å². The summed E-state index contributed by atoms with van der Waals surface area (Å²) in [6, 6.07) is 18.0. The Balaban J connectivity index is 1.63. The number of hydrogen-bond acceptors (Lipinski definition) is 2. The number of hydrogen-bond donors (Lipinski definition) is 1. The van der Waals surface area contributed by atoms with Crippen molar-refractivity contribution in [3.63, 3.8) is 0 Å². The van der Waals surface area contributed by atoms with E-state index in [1.807, 2.05) is 73.0 Å². The summed E-state index contributed by atoms with van der Waals surface area (Å²) in [7, 11) is 0. The fourth-order valence-electron chi connectivity index (χ4n) is 4.96. The topological polar surface area (TPSA) is 54.3 Å². The van der Waals surface area contributed by atoms with Gasteiger partial charge >= 0.3 is 0 Å². The van der Waals surface area contributed by atoms with Crippen LogP contribution in [-0.2, 0) is 11.3 Å². The van der Waals surface area contributed by atoms with Crippen molar-refractivity contribution in [2.75, 3.05) is 4.90 Å². The van der Waals surface area contributed by atoms with Crippen molar-refractivity contribution in [3.8, 4) is 0 Å². The Kier molecular flexibility index (Phi) is 4.42. The zero-order valence-electron chi connectivity index (χ0n) is 17.5. The molecule has 1 aromatic heterocycles. The molecule has 0 bridgehead atoms. The summed E-state index contributed by atoms with van der Waals surface area (Å²) < 4.78 is 2.01. The second-order valence-corrected chi connectivity index (χ2v) is 8.88. The van der Waals surface area contributed by atoms with Gasteiger partial charge in [0.25, 0.3) is 5.91 Å². The third kappa shape index (κ3) is 2.92. The lowest BCUT2D eigenvalue weighted by molar-refractivity contribution is -0.127. The molecule has 1 unspecified atom stereocenters. The van der Waals surface area contributed by atoms with Crippen molar-refractivity contribution in [2.45, 2.75) is 57.7 Å². The zero-order chi connectivity index (χ0) is 20.9. The minimum Gasteiger partial charge on any atom is -0.351 e. The van der Waals surface area contributed by atoms with Crippen LogP contribution in [-0.4, -0.2) is 28.0 Å². The molecule has 30 heavy (non-hydrogen) atoms. The lowest BCUT2D eigenvalue weighted by Gasteiger charge is -2.44. The maximum absolute atomic E-state index is 13.8. The first-order valence-electron chi connectivity index (χ1n) is 10.8. The molecule has 1 atom stereocenters. The number of aryl methyl sites for hydroxylation is 1. The minimum atomic E-state index is -1.01. The van der Waals surface area contributed by atoms with E-state index in [0.717, 1.165) is 47.8 Å². The van der Waals surface area contributed by atoms with Crippen LogP contribution in [0, 0.1) is 6.92 Å². The van der Waals surface area contributed by atoms with E-state index in [1.54, 1.807) is 4.90 Å². The fraction of sp³-hybridized carbons (Fsp3) is 0.360. The van der Waals surface area contributed by atoms with Crippen molar-refractivity contribution in [2.24, 2.45) is 0 Å². The highest BCUT2D eigenvalue weighted by Crippen LogP contribution is 2.36. The molecule has 3 aromatic rings. The molecular formula is C25H27N3O2. The summed E-state index contributed by atoms with van der Waals surface area (Å²) in [5.74, 6) is -0.211. The van der Waals surface area contributed by atoms with Crippen LogP contribution in [0.1, 0.15) is 48.7 Å². The molecule has 5 heteroatoms. The van der Waals surface area contributed by atoms with Gasteiger partial charge in [-0.15, -0.1) is 0 Å². The molecule has 2 aliphatic rings. The lowest BCUT2D eigenvalue weighted by Crippen LogP contribution is -2.65. The molecule has 1 aliphatic heterocycles. The molecule has 1 N–H and O–H groups in total. The Hall–Kier alpha value is -3.08. The monoisotopic (exact) mass is 401 g/mol. The quantitative estimate of drug-likeness (QED) is 0.706. The Morgan fingerprint density at radius 2 is 1.77 bits per heavy atom. The van der Waals surface area contributed by atoms with Crippen LogP contribution in [0.3, 0.4) is 0 Å². The first kappa shape index (κ1) is 18.9. The number of carbonyl (C=O) groups excluding carboxylic acids is 2. The second kappa shape index (κ2) is 7.01. The average Bonchev–Trinajstić information content (AvgIpc) is 3.37. The van der Waals surface area contributed by atoms with E-state index in [1.165, 1.54) is 0 Å². The number of fused-ring (bicyclic) bond motifs is 3. The van der Waals surface area contributed by atoms with E-state index >= 15 is 0 Å². The molecule has 154 valence electrons. The number of nitrogens with one attached hydrogen (secondary N) is 1. The van der Waals surface area contributed by atoms with Gasteiger partial charge in [0.1, 0.15) is 11.2 Å². The summed E-state index contributed by atoms with van der Waals surface area (Å²) in [5, 5.41) is 4.26. The average molecular weight is 402 g/mol. The van der Waals surface area contributed by atoms with Crippen LogP contribution in [0.2, 0.25) is 0 Å². The summed E-state index contributed by atoms with van der Waals surface area (Å²) in [5.41, 5.74) is 2.48. The molecule has 0 radical (unpaired) electrons. The number of benzene rings is 2. The first-order valence-corrected chi connectivity index (χ1v) is 10.8. The predicted molar refractivity (Wildman–Crippen MR) is 119 cm³/mol. The molecule has 5 nitrogen and oxygen atoms in total. The molecule has 2 heterocycles. The van der Waals surface area contributed by atoms with Gasteiger partial charge in [0, 0.05) is 22.6 Å². The lowest BCUT2D eigenvalue weighted by atomic mass is 9.93. The van der Waals surface area contributed by atoms with Gasteiger partial charge in [-0.2, -0.15) is 0 Å². The second-order valence-electron chi connectivity index (χ2n) is 8.88.